The van der Waals surface area contributed by atoms with Gasteiger partial charge in [0.1, 0.15) is 0 Å². The molecule has 1 fully saturated rings. The number of methoxy groups -OCH3 is 1. The highest BCUT2D eigenvalue weighted by atomic mass is 19.4. The summed E-state index contributed by atoms with van der Waals surface area (Å²) in [6.45, 7) is 2.75. The molecule has 0 bridgehead atoms. The fourth-order valence-electron chi connectivity index (χ4n) is 6.84. The van der Waals surface area contributed by atoms with Gasteiger partial charge in [-0.05, 0) is 98.9 Å². The zero-order valence-corrected chi connectivity index (χ0v) is 27.5. The van der Waals surface area contributed by atoms with Gasteiger partial charge in [-0.15, -0.1) is 0 Å². The normalized spacial score (nSPS) is 21.3. The van der Waals surface area contributed by atoms with Crippen molar-refractivity contribution in [1.82, 2.24) is 4.90 Å². The van der Waals surface area contributed by atoms with Gasteiger partial charge in [-0.1, -0.05) is 6.92 Å². The lowest BCUT2D eigenvalue weighted by molar-refractivity contribution is -0.145. The van der Waals surface area contributed by atoms with Crippen LogP contribution in [0.4, 0.5) is 50.0 Å². The Balaban J connectivity index is 1.76. The summed E-state index contributed by atoms with van der Waals surface area (Å²) < 4.78 is 134. The Kier molecular flexibility index (Phi) is 11.7. The molecule has 0 N–H and O–H groups in total. The van der Waals surface area contributed by atoms with Crippen LogP contribution in [0.3, 0.4) is 0 Å². The van der Waals surface area contributed by atoms with Gasteiger partial charge >= 0.3 is 30.6 Å². The summed E-state index contributed by atoms with van der Waals surface area (Å²) >= 11 is 0. The minimum absolute atomic E-state index is 0.00485. The molecule has 1 aliphatic carbocycles. The van der Waals surface area contributed by atoms with Crippen LogP contribution < -0.4 is 4.90 Å². The fraction of sp³-hybridized carbons (Fsp3) is 0.559. The summed E-state index contributed by atoms with van der Waals surface area (Å²) in [5.41, 5.74) is -5.11. The van der Waals surface area contributed by atoms with E-state index >= 15 is 0 Å². The van der Waals surface area contributed by atoms with E-state index < -0.39 is 71.4 Å². The van der Waals surface area contributed by atoms with E-state index in [1.54, 1.807) is 13.8 Å². The van der Waals surface area contributed by atoms with E-state index in [1.165, 1.54) is 4.90 Å². The van der Waals surface area contributed by atoms with E-state index in [2.05, 4.69) is 0 Å². The van der Waals surface area contributed by atoms with Crippen molar-refractivity contribution >= 4 is 23.7 Å². The third-order valence-electron chi connectivity index (χ3n) is 9.28. The molecule has 0 spiro atoms. The second-order valence-corrected chi connectivity index (χ2v) is 12.5. The van der Waals surface area contributed by atoms with Gasteiger partial charge in [0.2, 0.25) is 5.91 Å². The van der Waals surface area contributed by atoms with Crippen LogP contribution in [-0.2, 0) is 44.1 Å². The quantitative estimate of drug-likeness (QED) is 0.201. The Morgan fingerprint density at radius 3 is 1.90 bits per heavy atom. The fourth-order valence-corrected chi connectivity index (χ4v) is 6.84. The monoisotopic (exact) mass is 724 g/mol. The average Bonchev–Trinajstić information content (AvgIpc) is 3.04. The Morgan fingerprint density at radius 2 is 1.40 bits per heavy atom. The number of halogens is 9. The van der Waals surface area contributed by atoms with E-state index in [1.807, 2.05) is 0 Å². The number of ether oxygens (including phenoxy) is 2. The van der Waals surface area contributed by atoms with Crippen molar-refractivity contribution in [2.75, 3.05) is 18.6 Å². The first-order valence-corrected chi connectivity index (χ1v) is 16.1. The second-order valence-electron chi connectivity index (χ2n) is 12.5. The van der Waals surface area contributed by atoms with Crippen LogP contribution >= 0.6 is 0 Å². The first kappa shape index (κ1) is 38.8. The number of alkyl halides is 9. The lowest BCUT2D eigenvalue weighted by Crippen LogP contribution is -2.50. The molecule has 1 unspecified atom stereocenters. The summed E-state index contributed by atoms with van der Waals surface area (Å²) in [7, 11) is 0.921. The molecule has 2 aliphatic rings. The van der Waals surface area contributed by atoms with Gasteiger partial charge in [-0.25, -0.2) is 4.79 Å². The van der Waals surface area contributed by atoms with Gasteiger partial charge in [-0.3, -0.25) is 14.5 Å². The molecule has 7 nitrogen and oxygen atoms in total. The van der Waals surface area contributed by atoms with E-state index in [4.69, 9.17) is 9.47 Å². The van der Waals surface area contributed by atoms with Crippen molar-refractivity contribution in [3.8, 4) is 0 Å². The number of benzene rings is 2. The molecule has 2 atom stereocenters. The third-order valence-corrected chi connectivity index (χ3v) is 9.28. The number of anilines is 1. The molecular weight excluding hydrogens is 687 g/mol. The first-order chi connectivity index (χ1) is 23.3. The van der Waals surface area contributed by atoms with Crippen molar-refractivity contribution < 1.29 is 63.4 Å². The predicted octanol–water partition coefficient (Wildman–Crippen LogP) is 9.33. The van der Waals surface area contributed by atoms with E-state index in [0.29, 0.717) is 37.8 Å². The highest BCUT2D eigenvalue weighted by molar-refractivity contribution is 5.97. The molecule has 16 heteroatoms. The van der Waals surface area contributed by atoms with E-state index in [0.717, 1.165) is 30.2 Å². The highest BCUT2D eigenvalue weighted by Gasteiger charge is 2.44. The lowest BCUT2D eigenvalue weighted by atomic mass is 9.79. The molecule has 1 saturated carbocycles. The standard InChI is InChI=1S/C34H37F9N2O5/c1-4-25-17-28(44(31(48)49-3)18-20-12-23(33(38,39)40)15-24(13-20)34(41,42)43)26-16-22(32(35,36)37)10-11-27(26)45(25)30(47)21-8-6-19(7-9-21)14-29(46)50-5-2/h10-13,15-16,19,21,25,28H,4-9,14,17-18H2,1-3H3/t19?,21?,25-,28?/m1/s1. The van der Waals surface area contributed by atoms with Crippen LogP contribution in [0.1, 0.15) is 92.7 Å². The van der Waals surface area contributed by atoms with Crippen molar-refractivity contribution in [2.45, 2.75) is 96.0 Å². The summed E-state index contributed by atoms with van der Waals surface area (Å²) in [6.07, 6.45) is -14.3. The van der Waals surface area contributed by atoms with Crippen LogP contribution in [-0.4, -0.2) is 42.6 Å². The number of esters is 1. The molecule has 276 valence electrons. The number of hydrogen-bond acceptors (Lipinski definition) is 5. The van der Waals surface area contributed by atoms with Gasteiger partial charge in [0.25, 0.3) is 0 Å². The Labute approximate surface area is 282 Å². The molecule has 1 aliphatic heterocycles. The Morgan fingerprint density at radius 1 is 0.820 bits per heavy atom. The van der Waals surface area contributed by atoms with Gasteiger partial charge in [0, 0.05) is 30.6 Å². The molecule has 2 amide bonds. The van der Waals surface area contributed by atoms with Crippen LogP contribution in [0.2, 0.25) is 0 Å². The van der Waals surface area contributed by atoms with Crippen molar-refractivity contribution in [3.63, 3.8) is 0 Å². The summed E-state index contributed by atoms with van der Waals surface area (Å²) in [4.78, 5) is 41.5. The molecule has 2 aromatic rings. The molecule has 0 saturated heterocycles. The maximum atomic E-state index is 14.1. The Hall–Kier alpha value is -3.98. The van der Waals surface area contributed by atoms with E-state index in [9.17, 15) is 53.9 Å². The van der Waals surface area contributed by atoms with Crippen molar-refractivity contribution in [1.29, 1.82) is 0 Å². The molecule has 4 rings (SSSR count). The largest absolute Gasteiger partial charge is 0.466 e. The highest BCUT2D eigenvalue weighted by Crippen LogP contribution is 2.47. The minimum Gasteiger partial charge on any atom is -0.466 e. The van der Waals surface area contributed by atoms with Crippen molar-refractivity contribution in [2.24, 2.45) is 11.8 Å². The van der Waals surface area contributed by atoms with Crippen LogP contribution in [0.15, 0.2) is 36.4 Å². The molecule has 1 heterocycles. The van der Waals surface area contributed by atoms with Crippen LogP contribution in [0.5, 0.6) is 0 Å². The first-order valence-electron chi connectivity index (χ1n) is 16.1. The molecule has 0 radical (unpaired) electrons. The number of amides is 2. The number of carbonyl (C=O) groups is 3. The van der Waals surface area contributed by atoms with Gasteiger partial charge in [0.05, 0.1) is 36.4 Å². The number of carbonyl (C=O) groups excluding carboxylic acids is 3. The molecule has 0 aromatic heterocycles. The number of hydrogen-bond donors (Lipinski definition) is 0. The molecule has 50 heavy (non-hydrogen) atoms. The molecule has 2 aromatic carbocycles. The van der Waals surface area contributed by atoms with Crippen LogP contribution in [0.25, 0.3) is 0 Å². The lowest BCUT2D eigenvalue weighted by Gasteiger charge is -2.45. The second kappa shape index (κ2) is 15.1. The van der Waals surface area contributed by atoms with Gasteiger partial charge in [0.15, 0.2) is 0 Å². The van der Waals surface area contributed by atoms with Crippen LogP contribution in [0, 0.1) is 11.8 Å². The summed E-state index contributed by atoms with van der Waals surface area (Å²) in [5.74, 6) is -1.26. The molecular formula is C34H37F9N2O5. The van der Waals surface area contributed by atoms with Crippen molar-refractivity contribution in [3.05, 3.63) is 64.2 Å². The van der Waals surface area contributed by atoms with Gasteiger partial charge in [-0.2, -0.15) is 39.5 Å². The SMILES string of the molecule is CCOC(=O)CC1CCC(C(=O)N2c3ccc(C(F)(F)F)cc3C(N(Cc3cc(C(F)(F)F)cc(C(F)(F)F)c3)C(=O)OC)C[C@H]2CC)CC1. The smallest absolute Gasteiger partial charge is 0.416 e. The Bertz CT molecular complexity index is 1520. The summed E-state index contributed by atoms with van der Waals surface area (Å²) in [6, 6.07) is 1.36. The topological polar surface area (TPSA) is 76.2 Å². The maximum absolute atomic E-state index is 14.1. The third kappa shape index (κ3) is 8.84. The summed E-state index contributed by atoms with van der Waals surface area (Å²) in [5, 5.41) is 0. The number of fused-ring (bicyclic) bond motifs is 1. The zero-order valence-electron chi connectivity index (χ0n) is 27.5. The average molecular weight is 725 g/mol. The number of rotatable bonds is 8. The van der Waals surface area contributed by atoms with Gasteiger partial charge < -0.3 is 14.4 Å². The maximum Gasteiger partial charge on any atom is 0.416 e. The number of nitrogens with zero attached hydrogens (tertiary/aromatic N) is 2. The van der Waals surface area contributed by atoms with E-state index in [-0.39, 0.29) is 61.0 Å². The zero-order chi connectivity index (χ0) is 37.2. The minimum atomic E-state index is -5.18. The predicted molar refractivity (Wildman–Crippen MR) is 161 cm³/mol.